The number of ether oxygens (including phenoxy) is 2. The second kappa shape index (κ2) is 20.5. The van der Waals surface area contributed by atoms with Crippen molar-refractivity contribution >= 4 is 0 Å². The highest BCUT2D eigenvalue weighted by Crippen LogP contribution is 2.49. The lowest BCUT2D eigenvalue weighted by Crippen LogP contribution is -2.38. The van der Waals surface area contributed by atoms with Crippen molar-refractivity contribution in [2.24, 2.45) is 29.1 Å². The summed E-state index contributed by atoms with van der Waals surface area (Å²) in [6, 6.07) is 0. The van der Waals surface area contributed by atoms with Crippen molar-refractivity contribution < 1.29 is 9.47 Å². The van der Waals surface area contributed by atoms with Gasteiger partial charge >= 0.3 is 0 Å². The average molecular weight is 493 g/mol. The highest BCUT2D eigenvalue weighted by atomic mass is 16.5. The number of hydrogen-bond donors (Lipinski definition) is 0. The van der Waals surface area contributed by atoms with Crippen LogP contribution in [0.2, 0.25) is 0 Å². The normalized spacial score (nSPS) is 30.7. The summed E-state index contributed by atoms with van der Waals surface area (Å²) < 4.78 is 11.4. The topological polar surface area (TPSA) is 18.5 Å². The van der Waals surface area contributed by atoms with Crippen LogP contribution in [0.1, 0.15) is 132 Å². The molecule has 0 aromatic rings. The lowest BCUT2D eigenvalue weighted by Gasteiger charge is -2.46. The van der Waals surface area contributed by atoms with Gasteiger partial charge in [-0.2, -0.15) is 0 Å². The summed E-state index contributed by atoms with van der Waals surface area (Å²) in [4.78, 5) is 0. The Morgan fingerprint density at radius 1 is 0.629 bits per heavy atom. The van der Waals surface area contributed by atoms with Gasteiger partial charge < -0.3 is 9.47 Å². The molecule has 3 aliphatic rings. The molecule has 0 aromatic carbocycles. The SMILES string of the molecule is C=CCOC1CCC(C(C)(C)C2CCCC(C)C2)CC1.C=CCOC1CCC(C)CC1.CC.CC. The fourth-order valence-corrected chi connectivity index (χ4v) is 6.22. The minimum absolute atomic E-state index is 0.491. The van der Waals surface area contributed by atoms with Crippen molar-refractivity contribution in [1.29, 1.82) is 0 Å². The van der Waals surface area contributed by atoms with Crippen LogP contribution in [0.3, 0.4) is 0 Å². The minimum atomic E-state index is 0.491. The van der Waals surface area contributed by atoms with Crippen molar-refractivity contribution in [2.75, 3.05) is 13.2 Å². The Labute approximate surface area is 221 Å². The summed E-state index contributed by atoms with van der Waals surface area (Å²) in [5.74, 6) is 3.71. The molecule has 2 atom stereocenters. The first-order chi connectivity index (χ1) is 16.9. The van der Waals surface area contributed by atoms with Gasteiger partial charge in [0.05, 0.1) is 25.4 Å². The van der Waals surface area contributed by atoms with Crippen LogP contribution in [-0.4, -0.2) is 25.4 Å². The zero-order chi connectivity index (χ0) is 26.7. The van der Waals surface area contributed by atoms with E-state index >= 15 is 0 Å². The zero-order valence-corrected chi connectivity index (χ0v) is 25.2. The van der Waals surface area contributed by atoms with E-state index in [2.05, 4.69) is 40.9 Å². The largest absolute Gasteiger partial charge is 0.374 e. The smallest absolute Gasteiger partial charge is 0.0648 e. The molecule has 2 heteroatoms. The first-order valence-corrected chi connectivity index (χ1v) is 15.3. The Hall–Kier alpha value is -0.600. The van der Waals surface area contributed by atoms with E-state index in [4.69, 9.17) is 9.47 Å². The summed E-state index contributed by atoms with van der Waals surface area (Å²) in [6.07, 6.45) is 20.9. The van der Waals surface area contributed by atoms with Gasteiger partial charge in [-0.15, -0.1) is 13.2 Å². The van der Waals surface area contributed by atoms with E-state index in [1.807, 2.05) is 39.8 Å². The van der Waals surface area contributed by atoms with Gasteiger partial charge in [0.1, 0.15) is 0 Å². The monoisotopic (exact) mass is 492 g/mol. The van der Waals surface area contributed by atoms with Crippen LogP contribution < -0.4 is 0 Å². The fraction of sp³-hybridized carbons (Fsp3) is 0.879. The van der Waals surface area contributed by atoms with Crippen molar-refractivity contribution in [2.45, 2.75) is 145 Å². The molecular weight excluding hydrogens is 428 g/mol. The lowest BCUT2D eigenvalue weighted by molar-refractivity contribution is -0.0105. The van der Waals surface area contributed by atoms with Crippen LogP contribution in [0.15, 0.2) is 25.3 Å². The van der Waals surface area contributed by atoms with Crippen LogP contribution in [0.25, 0.3) is 0 Å². The van der Waals surface area contributed by atoms with Crippen LogP contribution in [0.5, 0.6) is 0 Å². The Kier molecular flexibility index (Phi) is 20.1. The van der Waals surface area contributed by atoms with Crippen LogP contribution >= 0.6 is 0 Å². The molecule has 0 bridgehead atoms. The summed E-state index contributed by atoms with van der Waals surface area (Å²) >= 11 is 0. The number of hydrogen-bond acceptors (Lipinski definition) is 2. The van der Waals surface area contributed by atoms with Gasteiger partial charge in [-0.25, -0.2) is 0 Å². The van der Waals surface area contributed by atoms with Gasteiger partial charge in [-0.05, 0) is 93.3 Å². The van der Waals surface area contributed by atoms with E-state index in [1.54, 1.807) is 0 Å². The molecule has 208 valence electrons. The van der Waals surface area contributed by atoms with Gasteiger partial charge in [0.15, 0.2) is 0 Å². The molecule has 3 saturated carbocycles. The molecule has 0 heterocycles. The molecule has 0 aromatic heterocycles. The summed E-state index contributed by atoms with van der Waals surface area (Å²) in [5, 5.41) is 0. The van der Waals surface area contributed by atoms with E-state index in [9.17, 15) is 0 Å². The van der Waals surface area contributed by atoms with Gasteiger partial charge in [-0.3, -0.25) is 0 Å². The van der Waals surface area contributed by atoms with Crippen molar-refractivity contribution in [3.8, 4) is 0 Å². The second-order valence-corrected chi connectivity index (χ2v) is 11.4. The minimum Gasteiger partial charge on any atom is -0.374 e. The fourth-order valence-electron chi connectivity index (χ4n) is 6.22. The molecule has 3 rings (SSSR count). The van der Waals surface area contributed by atoms with E-state index in [1.165, 1.54) is 77.0 Å². The molecule has 0 saturated heterocycles. The summed E-state index contributed by atoms with van der Waals surface area (Å²) in [6.45, 7) is 26.7. The molecule has 0 amide bonds. The molecule has 0 aliphatic heterocycles. The van der Waals surface area contributed by atoms with Gasteiger partial charge in [0.2, 0.25) is 0 Å². The van der Waals surface area contributed by atoms with E-state index in [0.29, 0.717) is 17.6 Å². The third-order valence-electron chi connectivity index (χ3n) is 8.58. The van der Waals surface area contributed by atoms with Crippen LogP contribution in [0, 0.1) is 29.1 Å². The van der Waals surface area contributed by atoms with Gasteiger partial charge in [0, 0.05) is 0 Å². The molecular formula is C33H64O2. The van der Waals surface area contributed by atoms with Crippen molar-refractivity contribution in [1.82, 2.24) is 0 Å². The maximum absolute atomic E-state index is 5.84. The second-order valence-electron chi connectivity index (χ2n) is 11.4. The predicted octanol–water partition coefficient (Wildman–Crippen LogP) is 10.4. The third kappa shape index (κ3) is 13.5. The molecule has 0 radical (unpaired) electrons. The quantitative estimate of drug-likeness (QED) is 0.314. The molecule has 3 fully saturated rings. The molecule has 35 heavy (non-hydrogen) atoms. The first-order valence-electron chi connectivity index (χ1n) is 15.3. The van der Waals surface area contributed by atoms with E-state index < -0.39 is 0 Å². The Balaban J connectivity index is 0.000000652. The molecule has 0 N–H and O–H groups in total. The van der Waals surface area contributed by atoms with E-state index in [-0.39, 0.29) is 0 Å². The third-order valence-corrected chi connectivity index (χ3v) is 8.58. The van der Waals surface area contributed by atoms with E-state index in [0.717, 1.165) is 36.9 Å². The lowest BCUT2D eigenvalue weighted by atomic mass is 9.59. The standard InChI is InChI=1S/C19H34O.C10H18O.2C2H6/c1-5-13-20-18-11-9-16(10-12-18)19(3,4)17-8-6-7-15(2)14-17;1-3-8-11-10-6-4-9(2)5-7-10;2*1-2/h5,15-18H,1,6-14H2,2-4H3;3,9-10H,1,4-8H2,2H3;2*1-2H3. The van der Waals surface area contributed by atoms with Crippen molar-refractivity contribution in [3.63, 3.8) is 0 Å². The zero-order valence-electron chi connectivity index (χ0n) is 25.2. The Morgan fingerprint density at radius 3 is 1.51 bits per heavy atom. The highest BCUT2D eigenvalue weighted by molar-refractivity contribution is 4.90. The molecule has 2 unspecified atom stereocenters. The van der Waals surface area contributed by atoms with Crippen LogP contribution in [0.4, 0.5) is 0 Å². The highest BCUT2D eigenvalue weighted by Gasteiger charge is 2.40. The van der Waals surface area contributed by atoms with Crippen molar-refractivity contribution in [3.05, 3.63) is 25.3 Å². The first kappa shape index (κ1) is 34.4. The Morgan fingerprint density at radius 2 is 1.09 bits per heavy atom. The summed E-state index contributed by atoms with van der Waals surface area (Å²) in [7, 11) is 0. The van der Waals surface area contributed by atoms with Crippen LogP contribution in [-0.2, 0) is 9.47 Å². The molecule has 2 nitrogen and oxygen atoms in total. The summed E-state index contributed by atoms with van der Waals surface area (Å²) in [5.41, 5.74) is 0.526. The van der Waals surface area contributed by atoms with Gasteiger partial charge in [0.25, 0.3) is 0 Å². The predicted molar refractivity (Wildman–Crippen MR) is 157 cm³/mol. The maximum atomic E-state index is 5.84. The average Bonchev–Trinajstić information content (AvgIpc) is 2.90. The molecule has 3 aliphatic carbocycles. The maximum Gasteiger partial charge on any atom is 0.0648 e. The number of rotatable bonds is 8. The molecule has 0 spiro atoms. The Bertz CT molecular complexity index is 495. The van der Waals surface area contributed by atoms with Gasteiger partial charge in [-0.1, -0.05) is 80.4 Å².